The predicted octanol–water partition coefficient (Wildman–Crippen LogP) is 4.80. The smallest absolute Gasteiger partial charge is 0.0646 e. The largest absolute Gasteiger partial charge is 0.310 e. The molecule has 0 aliphatic heterocycles. The number of benzene rings is 1. The third-order valence-electron chi connectivity index (χ3n) is 2.89. The van der Waals surface area contributed by atoms with Gasteiger partial charge in [-0.2, -0.15) is 0 Å². The van der Waals surface area contributed by atoms with Crippen LogP contribution in [0.1, 0.15) is 18.4 Å². The van der Waals surface area contributed by atoms with Crippen LogP contribution in [-0.4, -0.2) is 6.04 Å². The minimum absolute atomic E-state index is 0.736. The molecule has 1 heterocycles. The molecular weight excluding hydrogens is 282 g/mol. The summed E-state index contributed by atoms with van der Waals surface area (Å²) in [6, 6.07) is 11.1. The molecule has 3 rings (SSSR count). The Hall–Kier alpha value is -0.480. The average molecular weight is 296 g/mol. The Morgan fingerprint density at radius 1 is 1.33 bits per heavy atom. The Balaban J connectivity index is 1.78. The average Bonchev–Trinajstić information content (AvgIpc) is 3.05. The predicted molar refractivity (Wildman–Crippen MR) is 79.8 cm³/mol. The molecule has 1 aromatic carbocycles. The quantitative estimate of drug-likeness (QED) is 0.850. The van der Waals surface area contributed by atoms with E-state index in [4.69, 9.17) is 11.6 Å². The molecule has 1 nitrogen and oxygen atoms in total. The molecular formula is C14H14ClNS2. The Morgan fingerprint density at radius 3 is 2.94 bits per heavy atom. The molecule has 0 bridgehead atoms. The van der Waals surface area contributed by atoms with Crippen molar-refractivity contribution in [3.05, 3.63) is 46.3 Å². The summed E-state index contributed by atoms with van der Waals surface area (Å²) in [4.78, 5) is 1.26. The van der Waals surface area contributed by atoms with Gasteiger partial charge >= 0.3 is 0 Å². The van der Waals surface area contributed by atoms with Gasteiger partial charge in [0.1, 0.15) is 0 Å². The van der Waals surface area contributed by atoms with E-state index in [9.17, 15) is 0 Å². The third kappa shape index (κ3) is 3.29. The molecule has 0 amide bonds. The van der Waals surface area contributed by atoms with Crippen LogP contribution < -0.4 is 5.32 Å². The number of hydrogen-bond donors (Lipinski definition) is 1. The van der Waals surface area contributed by atoms with Gasteiger partial charge in [-0.15, -0.1) is 11.3 Å². The van der Waals surface area contributed by atoms with Crippen molar-refractivity contribution in [3.8, 4) is 0 Å². The first-order valence-corrected chi connectivity index (χ1v) is 8.12. The van der Waals surface area contributed by atoms with Crippen LogP contribution in [0.2, 0.25) is 5.02 Å². The van der Waals surface area contributed by atoms with E-state index in [2.05, 4.69) is 35.0 Å². The summed E-state index contributed by atoms with van der Waals surface area (Å²) in [5, 5.41) is 6.47. The van der Waals surface area contributed by atoms with E-state index in [-0.39, 0.29) is 0 Å². The number of halogens is 1. The number of thiophene rings is 1. The molecule has 0 radical (unpaired) electrons. The van der Waals surface area contributed by atoms with Crippen LogP contribution in [0, 0.1) is 0 Å². The summed E-state index contributed by atoms with van der Waals surface area (Å²) in [6.45, 7) is 0.940. The van der Waals surface area contributed by atoms with E-state index < -0.39 is 0 Å². The Kier molecular flexibility index (Phi) is 3.94. The monoisotopic (exact) mass is 295 g/mol. The number of hydrogen-bond acceptors (Lipinski definition) is 3. The van der Waals surface area contributed by atoms with Gasteiger partial charge in [-0.05, 0) is 42.0 Å². The van der Waals surface area contributed by atoms with E-state index in [1.54, 1.807) is 23.1 Å². The molecule has 1 aromatic heterocycles. The lowest BCUT2D eigenvalue weighted by Gasteiger charge is -2.09. The fourth-order valence-corrected chi connectivity index (χ4v) is 3.88. The summed E-state index contributed by atoms with van der Waals surface area (Å²) in [5.41, 5.74) is 1.34. The number of nitrogens with one attached hydrogen (secondary N) is 1. The molecule has 0 atom stereocenters. The molecule has 1 fully saturated rings. The maximum atomic E-state index is 6.10. The van der Waals surface area contributed by atoms with Crippen molar-refractivity contribution < 1.29 is 0 Å². The second-order valence-electron chi connectivity index (χ2n) is 4.44. The van der Waals surface area contributed by atoms with E-state index in [0.29, 0.717) is 0 Å². The zero-order chi connectivity index (χ0) is 12.4. The van der Waals surface area contributed by atoms with Crippen molar-refractivity contribution in [1.29, 1.82) is 0 Å². The van der Waals surface area contributed by atoms with Crippen molar-refractivity contribution in [1.82, 2.24) is 5.32 Å². The highest BCUT2D eigenvalue weighted by Crippen LogP contribution is 2.35. The van der Waals surface area contributed by atoms with Gasteiger partial charge in [0.2, 0.25) is 0 Å². The highest BCUT2D eigenvalue weighted by atomic mass is 35.5. The zero-order valence-corrected chi connectivity index (χ0v) is 12.2. The number of rotatable bonds is 5. The normalized spacial score (nSPS) is 14.9. The molecule has 2 aromatic rings. The van der Waals surface area contributed by atoms with Gasteiger partial charge < -0.3 is 5.32 Å². The van der Waals surface area contributed by atoms with Crippen LogP contribution in [0.15, 0.2) is 44.8 Å². The van der Waals surface area contributed by atoms with E-state index in [1.165, 1.54) is 27.5 Å². The van der Waals surface area contributed by atoms with Crippen molar-refractivity contribution >= 4 is 34.7 Å². The molecule has 4 heteroatoms. The second-order valence-corrected chi connectivity index (χ2v) is 7.17. The van der Waals surface area contributed by atoms with Crippen LogP contribution in [0.4, 0.5) is 0 Å². The van der Waals surface area contributed by atoms with Gasteiger partial charge in [0, 0.05) is 22.5 Å². The summed E-state index contributed by atoms with van der Waals surface area (Å²) in [7, 11) is 0. The van der Waals surface area contributed by atoms with Gasteiger partial charge in [0.05, 0.1) is 4.21 Å². The van der Waals surface area contributed by atoms with Crippen LogP contribution >= 0.6 is 34.7 Å². The van der Waals surface area contributed by atoms with Gasteiger partial charge in [0.25, 0.3) is 0 Å². The highest BCUT2D eigenvalue weighted by molar-refractivity contribution is 8.01. The molecule has 0 spiro atoms. The molecule has 1 aliphatic rings. The zero-order valence-electron chi connectivity index (χ0n) is 9.86. The molecule has 1 aliphatic carbocycles. The van der Waals surface area contributed by atoms with Crippen LogP contribution in [-0.2, 0) is 6.54 Å². The lowest BCUT2D eigenvalue weighted by Crippen LogP contribution is -2.15. The van der Waals surface area contributed by atoms with Crippen molar-refractivity contribution in [3.63, 3.8) is 0 Å². The molecule has 0 unspecified atom stereocenters. The summed E-state index contributed by atoms with van der Waals surface area (Å²) in [6.07, 6.45) is 2.64. The fraction of sp³-hybridized carbons (Fsp3) is 0.286. The Bertz CT molecular complexity index is 521. The minimum atomic E-state index is 0.736. The molecule has 18 heavy (non-hydrogen) atoms. The van der Waals surface area contributed by atoms with Crippen molar-refractivity contribution in [2.24, 2.45) is 0 Å². The van der Waals surface area contributed by atoms with Gasteiger partial charge in [-0.25, -0.2) is 0 Å². The fourth-order valence-electron chi connectivity index (χ4n) is 1.74. The van der Waals surface area contributed by atoms with E-state index >= 15 is 0 Å². The molecule has 0 saturated heterocycles. The van der Waals surface area contributed by atoms with Crippen LogP contribution in [0.25, 0.3) is 0 Å². The topological polar surface area (TPSA) is 12.0 Å². The Morgan fingerprint density at radius 2 is 2.22 bits per heavy atom. The first-order valence-electron chi connectivity index (χ1n) is 6.04. The van der Waals surface area contributed by atoms with Gasteiger partial charge in [0.15, 0.2) is 0 Å². The third-order valence-corrected chi connectivity index (χ3v) is 5.27. The summed E-state index contributed by atoms with van der Waals surface area (Å²) in [5.74, 6) is 0. The summed E-state index contributed by atoms with van der Waals surface area (Å²) < 4.78 is 1.31. The van der Waals surface area contributed by atoms with Crippen LogP contribution in [0.3, 0.4) is 0 Å². The maximum absolute atomic E-state index is 6.10. The maximum Gasteiger partial charge on any atom is 0.0646 e. The van der Waals surface area contributed by atoms with Crippen LogP contribution in [0.5, 0.6) is 0 Å². The first kappa shape index (κ1) is 12.5. The molecule has 94 valence electrons. The highest BCUT2D eigenvalue weighted by Gasteiger charge is 2.20. The van der Waals surface area contributed by atoms with E-state index in [0.717, 1.165) is 17.6 Å². The standard InChI is InChI=1S/C14H14ClNS2/c15-11-4-3-10(9-16-12-5-6-12)13(8-11)18-14-2-1-7-17-14/h1-4,7-8,12,16H,5-6,9H2. The van der Waals surface area contributed by atoms with Gasteiger partial charge in [-0.3, -0.25) is 0 Å². The summed E-state index contributed by atoms with van der Waals surface area (Å²) >= 11 is 9.67. The van der Waals surface area contributed by atoms with E-state index in [1.807, 2.05) is 6.07 Å². The Labute approximate surface area is 121 Å². The lowest BCUT2D eigenvalue weighted by atomic mass is 10.2. The van der Waals surface area contributed by atoms with Crippen molar-refractivity contribution in [2.45, 2.75) is 34.5 Å². The van der Waals surface area contributed by atoms with Gasteiger partial charge in [-0.1, -0.05) is 35.5 Å². The van der Waals surface area contributed by atoms with Crippen molar-refractivity contribution in [2.75, 3.05) is 0 Å². The molecule has 1 N–H and O–H groups in total. The minimum Gasteiger partial charge on any atom is -0.310 e. The molecule has 1 saturated carbocycles. The lowest BCUT2D eigenvalue weighted by molar-refractivity contribution is 0.680. The second kappa shape index (κ2) is 5.66. The first-order chi connectivity index (χ1) is 8.81. The SMILES string of the molecule is Clc1ccc(CNC2CC2)c(Sc2cccs2)c1.